The van der Waals surface area contributed by atoms with E-state index in [0.29, 0.717) is 10.5 Å². The zero-order valence-corrected chi connectivity index (χ0v) is 13.8. The molecule has 1 N–H and O–H groups in total. The molecular weight excluding hydrogens is 338 g/mol. The topological polar surface area (TPSA) is 83.9 Å². The highest BCUT2D eigenvalue weighted by molar-refractivity contribution is 8.26. The molecule has 1 heterocycles. The van der Waals surface area contributed by atoms with Gasteiger partial charge in [0.25, 0.3) is 5.91 Å². The molecule has 0 aliphatic carbocycles. The summed E-state index contributed by atoms with van der Waals surface area (Å²) in [5.41, 5.74) is 0.837. The van der Waals surface area contributed by atoms with Crippen LogP contribution in [0.5, 0.6) is 0 Å². The maximum Gasteiger partial charge on any atom is 0.335 e. The van der Waals surface area contributed by atoms with Crippen molar-refractivity contribution in [3.05, 3.63) is 40.3 Å². The molecule has 1 aromatic rings. The molecule has 120 valence electrons. The van der Waals surface area contributed by atoms with Gasteiger partial charge in [0, 0.05) is 0 Å². The molecule has 8 heteroatoms. The summed E-state index contributed by atoms with van der Waals surface area (Å²) in [7, 11) is 0. The van der Waals surface area contributed by atoms with Crippen LogP contribution in [-0.4, -0.2) is 45.3 Å². The molecule has 0 unspecified atom stereocenters. The van der Waals surface area contributed by atoms with E-state index in [0.717, 1.165) is 11.8 Å². The first-order chi connectivity index (χ1) is 10.9. The zero-order chi connectivity index (χ0) is 17.0. The Bertz CT molecular complexity index is 696. The molecule has 0 spiro atoms. The van der Waals surface area contributed by atoms with E-state index in [-0.39, 0.29) is 28.9 Å². The van der Waals surface area contributed by atoms with Crippen LogP contribution in [0.15, 0.2) is 29.2 Å². The van der Waals surface area contributed by atoms with Crippen LogP contribution in [-0.2, 0) is 14.3 Å². The predicted molar refractivity (Wildman–Crippen MR) is 89.9 cm³/mol. The van der Waals surface area contributed by atoms with Crippen molar-refractivity contribution >= 4 is 52.2 Å². The Balaban J connectivity index is 2.14. The number of aromatic carboxylic acids is 1. The molecule has 1 aliphatic heterocycles. The first kappa shape index (κ1) is 17.2. The number of rotatable bonds is 5. The normalized spacial score (nSPS) is 16.0. The van der Waals surface area contributed by atoms with E-state index in [1.54, 1.807) is 25.1 Å². The van der Waals surface area contributed by atoms with E-state index in [2.05, 4.69) is 0 Å². The van der Waals surface area contributed by atoms with E-state index >= 15 is 0 Å². The Morgan fingerprint density at radius 1 is 1.35 bits per heavy atom. The third-order valence-electron chi connectivity index (χ3n) is 2.92. The number of nitrogens with zero attached hydrogens (tertiary/aromatic N) is 1. The smallest absolute Gasteiger partial charge is 0.335 e. The maximum absolute atomic E-state index is 12.3. The van der Waals surface area contributed by atoms with Crippen molar-refractivity contribution in [2.75, 3.05) is 13.2 Å². The van der Waals surface area contributed by atoms with Gasteiger partial charge in [0.2, 0.25) is 0 Å². The van der Waals surface area contributed by atoms with Gasteiger partial charge >= 0.3 is 11.9 Å². The van der Waals surface area contributed by atoms with Gasteiger partial charge in [-0.3, -0.25) is 14.5 Å². The number of carboxylic acids is 1. The molecule has 0 radical (unpaired) electrons. The molecule has 1 saturated heterocycles. The second kappa shape index (κ2) is 7.38. The van der Waals surface area contributed by atoms with Gasteiger partial charge in [-0.25, -0.2) is 4.79 Å². The van der Waals surface area contributed by atoms with E-state index in [4.69, 9.17) is 22.1 Å². The summed E-state index contributed by atoms with van der Waals surface area (Å²) in [6.07, 6.45) is 1.61. The lowest BCUT2D eigenvalue weighted by molar-refractivity contribution is -0.145. The molecule has 23 heavy (non-hydrogen) atoms. The van der Waals surface area contributed by atoms with E-state index < -0.39 is 11.9 Å². The molecular formula is C15H13NO5S2. The van der Waals surface area contributed by atoms with Crippen molar-refractivity contribution in [2.24, 2.45) is 0 Å². The number of hydrogen-bond acceptors (Lipinski definition) is 6. The highest BCUT2D eigenvalue weighted by Gasteiger charge is 2.33. The largest absolute Gasteiger partial charge is 0.478 e. The van der Waals surface area contributed by atoms with Gasteiger partial charge in [0.05, 0.1) is 17.1 Å². The number of hydrogen-bond donors (Lipinski definition) is 1. The van der Waals surface area contributed by atoms with Crippen LogP contribution in [0.1, 0.15) is 22.8 Å². The predicted octanol–water partition coefficient (Wildman–Crippen LogP) is 2.15. The number of esters is 1. The van der Waals surface area contributed by atoms with Crippen LogP contribution in [0.4, 0.5) is 0 Å². The van der Waals surface area contributed by atoms with Gasteiger partial charge in [-0.15, -0.1) is 0 Å². The maximum atomic E-state index is 12.3. The van der Waals surface area contributed by atoms with Gasteiger partial charge in [0.15, 0.2) is 0 Å². The molecule has 0 aromatic heterocycles. The first-order valence-electron chi connectivity index (χ1n) is 6.66. The fraction of sp³-hybridized carbons (Fsp3) is 0.200. The van der Waals surface area contributed by atoms with Crippen molar-refractivity contribution in [1.29, 1.82) is 0 Å². The standard InChI is InChI=1S/C15H13NO5S2/c1-2-21-12(17)8-16-13(18)11(23-15(16)22)7-9-3-5-10(6-4-9)14(19)20/h3-7H,2,8H2,1H3,(H,19,20). The number of carboxylic acid groups (broad SMARTS) is 1. The number of thiocarbonyl (C=S) groups is 1. The van der Waals surface area contributed by atoms with Gasteiger partial charge in [0.1, 0.15) is 10.9 Å². The van der Waals surface area contributed by atoms with Crippen LogP contribution in [0.2, 0.25) is 0 Å². The summed E-state index contributed by atoms with van der Waals surface area (Å²) in [6, 6.07) is 6.10. The third-order valence-corrected chi connectivity index (χ3v) is 4.30. The fourth-order valence-electron chi connectivity index (χ4n) is 1.85. The Hall–Kier alpha value is -2.19. The average molecular weight is 351 g/mol. The lowest BCUT2D eigenvalue weighted by Gasteiger charge is -2.12. The number of amides is 1. The molecule has 0 saturated carbocycles. The van der Waals surface area contributed by atoms with Crippen molar-refractivity contribution in [1.82, 2.24) is 4.90 Å². The van der Waals surface area contributed by atoms with Crippen molar-refractivity contribution in [3.63, 3.8) is 0 Å². The number of carbonyl (C=O) groups is 3. The highest BCUT2D eigenvalue weighted by Crippen LogP contribution is 2.32. The summed E-state index contributed by atoms with van der Waals surface area (Å²) >= 11 is 6.20. The van der Waals surface area contributed by atoms with Crippen LogP contribution in [0, 0.1) is 0 Å². The lowest BCUT2D eigenvalue weighted by Crippen LogP contribution is -2.34. The van der Waals surface area contributed by atoms with Crippen LogP contribution >= 0.6 is 24.0 Å². The Morgan fingerprint density at radius 2 is 2.00 bits per heavy atom. The molecule has 1 aromatic carbocycles. The minimum Gasteiger partial charge on any atom is -0.478 e. The third kappa shape index (κ3) is 4.17. The minimum atomic E-state index is -1.02. The number of benzene rings is 1. The fourth-order valence-corrected chi connectivity index (χ4v) is 3.10. The van der Waals surface area contributed by atoms with Crippen LogP contribution in [0.3, 0.4) is 0 Å². The Labute approximate surface area is 142 Å². The quantitative estimate of drug-likeness (QED) is 0.494. The zero-order valence-electron chi connectivity index (χ0n) is 12.1. The molecule has 1 aliphatic rings. The second-order valence-electron chi connectivity index (χ2n) is 4.50. The summed E-state index contributed by atoms with van der Waals surface area (Å²) in [5, 5.41) is 8.86. The van der Waals surface area contributed by atoms with Crippen molar-refractivity contribution in [3.8, 4) is 0 Å². The number of ether oxygens (including phenoxy) is 1. The molecule has 1 amide bonds. The summed E-state index contributed by atoms with van der Waals surface area (Å²) in [4.78, 5) is 36.2. The average Bonchev–Trinajstić information content (AvgIpc) is 2.76. The van der Waals surface area contributed by atoms with E-state index in [9.17, 15) is 14.4 Å². The first-order valence-corrected chi connectivity index (χ1v) is 7.89. The van der Waals surface area contributed by atoms with Crippen molar-refractivity contribution < 1.29 is 24.2 Å². The SMILES string of the molecule is CCOC(=O)CN1C(=O)C(=Cc2ccc(C(=O)O)cc2)SC1=S. The lowest BCUT2D eigenvalue weighted by atomic mass is 10.1. The minimum absolute atomic E-state index is 0.164. The molecule has 2 rings (SSSR count). The van der Waals surface area contributed by atoms with Crippen molar-refractivity contribution in [2.45, 2.75) is 6.92 Å². The molecule has 0 atom stereocenters. The molecule has 0 bridgehead atoms. The number of thioether (sulfide) groups is 1. The van der Waals surface area contributed by atoms with E-state index in [1.165, 1.54) is 17.0 Å². The van der Waals surface area contributed by atoms with Crippen LogP contribution < -0.4 is 0 Å². The van der Waals surface area contributed by atoms with E-state index in [1.807, 2.05) is 0 Å². The Morgan fingerprint density at radius 3 is 2.57 bits per heavy atom. The van der Waals surface area contributed by atoms with Gasteiger partial charge in [-0.2, -0.15) is 0 Å². The van der Waals surface area contributed by atoms with Crippen LogP contribution in [0.25, 0.3) is 6.08 Å². The monoisotopic (exact) mass is 351 g/mol. The van der Waals surface area contributed by atoms with Gasteiger partial charge in [-0.05, 0) is 30.7 Å². The van der Waals surface area contributed by atoms with Gasteiger partial charge < -0.3 is 9.84 Å². The molecule has 1 fully saturated rings. The highest BCUT2D eigenvalue weighted by atomic mass is 32.2. The molecule has 6 nitrogen and oxygen atoms in total. The second-order valence-corrected chi connectivity index (χ2v) is 6.18. The van der Waals surface area contributed by atoms with Gasteiger partial charge in [-0.1, -0.05) is 36.1 Å². The summed E-state index contributed by atoms with van der Waals surface area (Å²) in [6.45, 7) is 1.70. The Kier molecular flexibility index (Phi) is 5.51. The summed E-state index contributed by atoms with van der Waals surface area (Å²) < 4.78 is 5.10. The number of carbonyl (C=O) groups excluding carboxylic acids is 2. The summed E-state index contributed by atoms with van der Waals surface area (Å²) in [5.74, 6) is -1.90.